The molecule has 0 aliphatic carbocycles. The fraction of sp³-hybridized carbons (Fsp3) is 0.273. The quantitative estimate of drug-likeness (QED) is 0.865. The first-order valence-corrected chi connectivity index (χ1v) is 5.75. The van der Waals surface area contributed by atoms with Crippen LogP contribution >= 0.6 is 15.9 Å². The molecule has 2 rings (SSSR count). The minimum absolute atomic E-state index is 0.757. The lowest BCUT2D eigenvalue weighted by atomic mass is 10.3. The van der Waals surface area contributed by atoms with Crippen LogP contribution in [0.5, 0.6) is 0 Å². The van der Waals surface area contributed by atoms with Crippen LogP contribution in [-0.2, 0) is 13.6 Å². The molecule has 0 saturated heterocycles. The highest BCUT2D eigenvalue weighted by atomic mass is 79.9. The van der Waals surface area contributed by atoms with Crippen molar-refractivity contribution < 1.29 is 0 Å². The molecule has 2 aromatic heterocycles. The number of rotatable bonds is 3. The molecule has 0 unspecified atom stereocenters. The van der Waals surface area contributed by atoms with Crippen molar-refractivity contribution in [2.45, 2.75) is 6.54 Å². The molecule has 0 bridgehead atoms. The summed E-state index contributed by atoms with van der Waals surface area (Å²) in [5.41, 5.74) is 2.11. The molecule has 0 aliphatic rings. The van der Waals surface area contributed by atoms with E-state index in [1.54, 1.807) is 10.9 Å². The summed E-state index contributed by atoms with van der Waals surface area (Å²) < 4.78 is 2.84. The highest BCUT2D eigenvalue weighted by Crippen LogP contribution is 2.18. The molecule has 0 fully saturated rings. The maximum Gasteiger partial charge on any atom is 0.0959 e. The lowest BCUT2D eigenvalue weighted by molar-refractivity contribution is 0.734. The SMILES string of the molecule is CN(Cc1nn(C)cc1Br)c1cccnc1. The van der Waals surface area contributed by atoms with Crippen molar-refractivity contribution in [2.24, 2.45) is 7.05 Å². The lowest BCUT2D eigenvalue weighted by Crippen LogP contribution is -2.17. The summed E-state index contributed by atoms with van der Waals surface area (Å²) in [7, 11) is 3.94. The van der Waals surface area contributed by atoms with Crippen LogP contribution in [0.15, 0.2) is 35.2 Å². The predicted molar refractivity (Wildman–Crippen MR) is 67.3 cm³/mol. The van der Waals surface area contributed by atoms with E-state index in [9.17, 15) is 0 Å². The third-order valence-corrected chi connectivity index (χ3v) is 2.99. The summed E-state index contributed by atoms with van der Waals surface area (Å²) in [6.45, 7) is 0.757. The van der Waals surface area contributed by atoms with E-state index in [2.05, 4.69) is 30.9 Å². The van der Waals surface area contributed by atoms with Gasteiger partial charge in [0.25, 0.3) is 0 Å². The molecule has 0 spiro atoms. The van der Waals surface area contributed by atoms with Crippen molar-refractivity contribution in [3.8, 4) is 0 Å². The van der Waals surface area contributed by atoms with E-state index in [4.69, 9.17) is 0 Å². The van der Waals surface area contributed by atoms with Crippen LogP contribution in [0, 0.1) is 0 Å². The molecule has 84 valence electrons. The van der Waals surface area contributed by atoms with Crippen LogP contribution in [0.3, 0.4) is 0 Å². The largest absolute Gasteiger partial charge is 0.367 e. The van der Waals surface area contributed by atoms with Gasteiger partial charge < -0.3 is 4.90 Å². The monoisotopic (exact) mass is 280 g/mol. The highest BCUT2D eigenvalue weighted by molar-refractivity contribution is 9.10. The molecule has 5 heteroatoms. The zero-order valence-corrected chi connectivity index (χ0v) is 10.8. The van der Waals surface area contributed by atoms with Gasteiger partial charge in [0.15, 0.2) is 0 Å². The number of anilines is 1. The molecule has 2 aromatic rings. The fourth-order valence-electron chi connectivity index (χ4n) is 1.51. The van der Waals surface area contributed by atoms with E-state index < -0.39 is 0 Å². The smallest absolute Gasteiger partial charge is 0.0959 e. The van der Waals surface area contributed by atoms with E-state index in [0.717, 1.165) is 22.4 Å². The first-order valence-electron chi connectivity index (χ1n) is 4.96. The molecule has 0 N–H and O–H groups in total. The predicted octanol–water partition coefficient (Wildman–Crippen LogP) is 2.21. The number of hydrogen-bond donors (Lipinski definition) is 0. The van der Waals surface area contributed by atoms with Crippen LogP contribution in [-0.4, -0.2) is 21.8 Å². The van der Waals surface area contributed by atoms with Crippen LogP contribution in [0.2, 0.25) is 0 Å². The van der Waals surface area contributed by atoms with E-state index in [1.165, 1.54) is 0 Å². The summed E-state index contributed by atoms with van der Waals surface area (Å²) >= 11 is 3.49. The number of aromatic nitrogens is 3. The van der Waals surface area contributed by atoms with Crippen molar-refractivity contribution in [3.63, 3.8) is 0 Å². The molecule has 16 heavy (non-hydrogen) atoms. The fourth-order valence-corrected chi connectivity index (χ4v) is 2.01. The summed E-state index contributed by atoms with van der Waals surface area (Å²) in [6, 6.07) is 3.96. The van der Waals surface area contributed by atoms with Gasteiger partial charge in [0.05, 0.1) is 28.6 Å². The van der Waals surface area contributed by atoms with Crippen LogP contribution < -0.4 is 4.90 Å². The van der Waals surface area contributed by atoms with Gasteiger partial charge in [-0.15, -0.1) is 0 Å². The maximum absolute atomic E-state index is 4.38. The zero-order valence-electron chi connectivity index (χ0n) is 9.26. The number of hydrogen-bond acceptors (Lipinski definition) is 3. The van der Waals surface area contributed by atoms with E-state index in [1.807, 2.05) is 38.6 Å². The molecular weight excluding hydrogens is 268 g/mol. The van der Waals surface area contributed by atoms with Gasteiger partial charge in [-0.2, -0.15) is 5.10 Å². The Morgan fingerprint density at radius 2 is 2.31 bits per heavy atom. The summed E-state index contributed by atoms with van der Waals surface area (Å²) in [6.07, 6.45) is 5.57. The van der Waals surface area contributed by atoms with Crippen LogP contribution in [0.25, 0.3) is 0 Å². The zero-order chi connectivity index (χ0) is 11.5. The first kappa shape index (κ1) is 11.1. The Morgan fingerprint density at radius 3 is 2.88 bits per heavy atom. The minimum atomic E-state index is 0.757. The molecule has 2 heterocycles. The summed E-state index contributed by atoms with van der Waals surface area (Å²) in [4.78, 5) is 6.21. The minimum Gasteiger partial charge on any atom is -0.367 e. The van der Waals surface area contributed by atoms with Gasteiger partial charge in [-0.1, -0.05) is 0 Å². The van der Waals surface area contributed by atoms with Gasteiger partial charge in [0.2, 0.25) is 0 Å². The van der Waals surface area contributed by atoms with E-state index in [0.29, 0.717) is 0 Å². The van der Waals surface area contributed by atoms with Gasteiger partial charge in [-0.25, -0.2) is 0 Å². The lowest BCUT2D eigenvalue weighted by Gasteiger charge is -2.17. The summed E-state index contributed by atoms with van der Waals surface area (Å²) in [5.74, 6) is 0. The Hall–Kier alpha value is -1.36. The molecule has 0 radical (unpaired) electrons. The van der Waals surface area contributed by atoms with Crippen molar-refractivity contribution in [3.05, 3.63) is 40.9 Å². The van der Waals surface area contributed by atoms with Gasteiger partial charge in [-0.05, 0) is 28.1 Å². The molecule has 4 nitrogen and oxygen atoms in total. The van der Waals surface area contributed by atoms with Crippen molar-refractivity contribution >= 4 is 21.6 Å². The molecular formula is C11H13BrN4. The highest BCUT2D eigenvalue weighted by Gasteiger charge is 2.08. The van der Waals surface area contributed by atoms with E-state index in [-0.39, 0.29) is 0 Å². The number of halogens is 1. The van der Waals surface area contributed by atoms with Crippen molar-refractivity contribution in [1.82, 2.24) is 14.8 Å². The number of pyridine rings is 1. The second-order valence-electron chi connectivity index (χ2n) is 3.66. The average Bonchev–Trinajstić information content (AvgIpc) is 2.59. The van der Waals surface area contributed by atoms with Crippen LogP contribution in [0.1, 0.15) is 5.69 Å². The van der Waals surface area contributed by atoms with Gasteiger partial charge in [-0.3, -0.25) is 9.67 Å². The van der Waals surface area contributed by atoms with Crippen molar-refractivity contribution in [1.29, 1.82) is 0 Å². The number of nitrogens with zero attached hydrogens (tertiary/aromatic N) is 4. The Labute approximate surface area is 103 Å². The molecule has 0 amide bonds. The topological polar surface area (TPSA) is 34.0 Å². The molecule has 0 saturated carbocycles. The Morgan fingerprint density at radius 1 is 1.50 bits per heavy atom. The van der Waals surface area contributed by atoms with Gasteiger partial charge in [0, 0.05) is 26.5 Å². The normalized spacial score (nSPS) is 10.4. The Kier molecular flexibility index (Phi) is 3.24. The van der Waals surface area contributed by atoms with Gasteiger partial charge in [0.1, 0.15) is 0 Å². The van der Waals surface area contributed by atoms with E-state index >= 15 is 0 Å². The third kappa shape index (κ3) is 2.41. The Bertz CT molecular complexity index is 466. The third-order valence-electron chi connectivity index (χ3n) is 2.33. The molecule has 0 aromatic carbocycles. The molecule has 0 atom stereocenters. The summed E-state index contributed by atoms with van der Waals surface area (Å²) in [5, 5.41) is 4.38. The number of aryl methyl sites for hydroxylation is 1. The van der Waals surface area contributed by atoms with Crippen molar-refractivity contribution in [2.75, 3.05) is 11.9 Å². The first-order chi connectivity index (χ1) is 7.66. The second kappa shape index (κ2) is 4.65. The standard InChI is InChI=1S/C11H13BrN4/c1-15(9-4-3-5-13-6-9)8-11-10(12)7-16(2)14-11/h3-7H,8H2,1-2H3. The average molecular weight is 281 g/mol. The maximum atomic E-state index is 4.38. The molecule has 0 aliphatic heterocycles. The Balaban J connectivity index is 2.14. The van der Waals surface area contributed by atoms with Crippen LogP contribution in [0.4, 0.5) is 5.69 Å². The van der Waals surface area contributed by atoms with Gasteiger partial charge >= 0.3 is 0 Å². The second-order valence-corrected chi connectivity index (χ2v) is 4.52.